The first-order chi connectivity index (χ1) is 40.0. The highest BCUT2D eigenvalue weighted by atomic mass is 16.5. The van der Waals surface area contributed by atoms with Gasteiger partial charge in [0.05, 0.1) is 25.4 Å². The predicted molar refractivity (Wildman–Crippen MR) is 356 cm³/mol. The Morgan fingerprint density at radius 1 is 0.333 bits per heavy atom. The molecule has 81 heavy (non-hydrogen) atoms. The molecule has 0 saturated carbocycles. The lowest BCUT2D eigenvalue weighted by Gasteiger charge is -2.20. The third kappa shape index (κ3) is 67.3. The number of allylic oxidation sites excluding steroid dienone is 3. The highest BCUT2D eigenvalue weighted by molar-refractivity contribution is 5.76. The second-order valence-electron chi connectivity index (χ2n) is 25.6. The number of hydrogen-bond acceptors (Lipinski definition) is 5. The lowest BCUT2D eigenvalue weighted by Crippen LogP contribution is -2.45. The molecule has 2 atom stereocenters. The van der Waals surface area contributed by atoms with Crippen molar-refractivity contribution in [3.05, 3.63) is 24.3 Å². The number of nitrogens with one attached hydrogen (secondary N) is 1. The van der Waals surface area contributed by atoms with Gasteiger partial charge in [0.25, 0.3) is 0 Å². The topological polar surface area (TPSA) is 95.9 Å². The maximum absolute atomic E-state index is 12.5. The van der Waals surface area contributed by atoms with E-state index in [4.69, 9.17) is 4.74 Å². The van der Waals surface area contributed by atoms with Crippen LogP contribution in [-0.2, 0) is 14.3 Å². The molecule has 0 heterocycles. The van der Waals surface area contributed by atoms with Crippen molar-refractivity contribution < 1.29 is 24.5 Å². The summed E-state index contributed by atoms with van der Waals surface area (Å²) >= 11 is 0. The van der Waals surface area contributed by atoms with E-state index in [1.165, 1.54) is 347 Å². The van der Waals surface area contributed by atoms with Crippen LogP contribution in [0.4, 0.5) is 0 Å². The minimum atomic E-state index is -0.845. The van der Waals surface area contributed by atoms with E-state index < -0.39 is 12.1 Å². The Kier molecular flexibility index (Phi) is 69.4. The van der Waals surface area contributed by atoms with Gasteiger partial charge < -0.3 is 20.3 Å². The number of rotatable bonds is 70. The van der Waals surface area contributed by atoms with Crippen LogP contribution in [0, 0.1) is 0 Å². The van der Waals surface area contributed by atoms with Crippen molar-refractivity contribution in [1.82, 2.24) is 5.32 Å². The van der Waals surface area contributed by atoms with Gasteiger partial charge in [0.15, 0.2) is 0 Å². The van der Waals surface area contributed by atoms with Crippen LogP contribution in [0.3, 0.4) is 0 Å². The number of hydrogen-bond donors (Lipinski definition) is 3. The molecule has 0 spiro atoms. The molecule has 0 aliphatic heterocycles. The molecule has 0 aromatic rings. The Bertz CT molecular complexity index is 1270. The van der Waals surface area contributed by atoms with Gasteiger partial charge in [0.1, 0.15) is 0 Å². The zero-order chi connectivity index (χ0) is 58.5. The molecule has 0 rings (SSSR count). The summed E-state index contributed by atoms with van der Waals surface area (Å²) in [6.45, 7) is 4.94. The molecule has 480 valence electrons. The molecule has 6 nitrogen and oxygen atoms in total. The first kappa shape index (κ1) is 79.3. The number of unbranched alkanes of at least 4 members (excludes halogenated alkanes) is 57. The molecule has 0 bridgehead atoms. The fraction of sp³-hybridized carbons (Fsp3) is 0.920. The van der Waals surface area contributed by atoms with Crippen LogP contribution < -0.4 is 5.32 Å². The molecule has 1 amide bonds. The van der Waals surface area contributed by atoms with Gasteiger partial charge in [-0.15, -0.1) is 0 Å². The van der Waals surface area contributed by atoms with Gasteiger partial charge in [-0.2, -0.15) is 0 Å². The Balaban J connectivity index is 3.39. The molecule has 0 fully saturated rings. The summed E-state index contributed by atoms with van der Waals surface area (Å²) in [5.41, 5.74) is 0. The van der Waals surface area contributed by atoms with Gasteiger partial charge in [0, 0.05) is 12.8 Å². The van der Waals surface area contributed by atoms with Gasteiger partial charge in [-0.25, -0.2) is 0 Å². The third-order valence-corrected chi connectivity index (χ3v) is 17.5. The number of aliphatic hydroxyl groups excluding tert-OH is 2. The summed E-state index contributed by atoms with van der Waals surface area (Å²) < 4.78 is 5.49. The maximum atomic E-state index is 12.5. The number of esters is 1. The molecule has 0 aliphatic rings. The van der Waals surface area contributed by atoms with E-state index >= 15 is 0 Å². The van der Waals surface area contributed by atoms with Crippen LogP contribution in [-0.4, -0.2) is 47.4 Å². The second kappa shape index (κ2) is 70.8. The SMILES string of the molecule is CCCCCCC/C=C\CCCCCCCC(=O)OCCCCCCCCCCCCCCCCCCCCCCCCCCCC(=O)NC(CO)C(O)/C=C/CCCCCCCCCCCCCCCCCCCCCCCCC. The van der Waals surface area contributed by atoms with E-state index in [1.807, 2.05) is 6.08 Å². The van der Waals surface area contributed by atoms with Crippen molar-refractivity contribution in [3.63, 3.8) is 0 Å². The molecule has 0 aromatic heterocycles. The summed E-state index contributed by atoms with van der Waals surface area (Å²) in [4.78, 5) is 24.6. The predicted octanol–water partition coefficient (Wildman–Crippen LogP) is 24.1. The highest BCUT2D eigenvalue weighted by Crippen LogP contribution is 2.19. The van der Waals surface area contributed by atoms with Crippen molar-refractivity contribution in [3.8, 4) is 0 Å². The molecule has 2 unspecified atom stereocenters. The van der Waals surface area contributed by atoms with E-state index in [2.05, 4.69) is 31.3 Å². The van der Waals surface area contributed by atoms with Crippen LogP contribution in [0.25, 0.3) is 0 Å². The van der Waals surface area contributed by atoms with Crippen molar-refractivity contribution in [2.24, 2.45) is 0 Å². The maximum Gasteiger partial charge on any atom is 0.305 e. The molecule has 0 radical (unpaired) electrons. The summed E-state index contributed by atoms with van der Waals surface area (Å²) in [6, 6.07) is -0.628. The first-order valence-electron chi connectivity index (χ1n) is 37.1. The molecule has 3 N–H and O–H groups in total. The number of aliphatic hydroxyl groups is 2. The van der Waals surface area contributed by atoms with E-state index in [0.717, 1.165) is 44.9 Å². The van der Waals surface area contributed by atoms with E-state index in [1.54, 1.807) is 6.08 Å². The summed E-state index contributed by atoms with van der Waals surface area (Å²) in [5.74, 6) is -0.0530. The van der Waals surface area contributed by atoms with Crippen LogP contribution in [0.15, 0.2) is 24.3 Å². The summed E-state index contributed by atoms with van der Waals surface area (Å²) in [5, 5.41) is 23.3. The van der Waals surface area contributed by atoms with Gasteiger partial charge >= 0.3 is 5.97 Å². The number of amides is 1. The van der Waals surface area contributed by atoms with E-state index in [-0.39, 0.29) is 18.5 Å². The minimum absolute atomic E-state index is 0.00835. The molecular weight excluding hydrogens is 995 g/mol. The molecule has 0 saturated heterocycles. The highest BCUT2D eigenvalue weighted by Gasteiger charge is 2.18. The normalized spacial score (nSPS) is 12.6. The number of ether oxygens (including phenoxy) is 1. The quantitative estimate of drug-likeness (QED) is 0.0320. The van der Waals surface area contributed by atoms with Gasteiger partial charge in [0.2, 0.25) is 5.91 Å². The largest absolute Gasteiger partial charge is 0.466 e. The average Bonchev–Trinajstić information content (AvgIpc) is 3.47. The summed E-state index contributed by atoms with van der Waals surface area (Å²) in [6.07, 6.45) is 89.8. The van der Waals surface area contributed by atoms with Crippen LogP contribution in [0.2, 0.25) is 0 Å². The Hall–Kier alpha value is -1.66. The molecule has 0 aliphatic carbocycles. The number of carbonyl (C=O) groups excluding carboxylic acids is 2. The van der Waals surface area contributed by atoms with Crippen molar-refractivity contribution in [2.45, 2.75) is 431 Å². The lowest BCUT2D eigenvalue weighted by molar-refractivity contribution is -0.143. The Labute approximate surface area is 507 Å². The van der Waals surface area contributed by atoms with Crippen molar-refractivity contribution >= 4 is 11.9 Å². The fourth-order valence-corrected chi connectivity index (χ4v) is 11.8. The molecule has 6 heteroatoms. The first-order valence-corrected chi connectivity index (χ1v) is 37.1. The zero-order valence-corrected chi connectivity index (χ0v) is 55.0. The summed E-state index contributed by atoms with van der Waals surface area (Å²) in [7, 11) is 0. The average molecular weight is 1140 g/mol. The minimum Gasteiger partial charge on any atom is -0.466 e. The van der Waals surface area contributed by atoms with Gasteiger partial charge in [-0.3, -0.25) is 9.59 Å². The fourth-order valence-electron chi connectivity index (χ4n) is 11.8. The monoisotopic (exact) mass is 1140 g/mol. The Morgan fingerprint density at radius 3 is 0.877 bits per heavy atom. The molecular formula is C75H145NO5. The second-order valence-corrected chi connectivity index (χ2v) is 25.6. The third-order valence-electron chi connectivity index (χ3n) is 17.5. The van der Waals surface area contributed by atoms with E-state index in [9.17, 15) is 19.8 Å². The van der Waals surface area contributed by atoms with E-state index in [0.29, 0.717) is 19.4 Å². The van der Waals surface area contributed by atoms with Gasteiger partial charge in [-0.1, -0.05) is 372 Å². The lowest BCUT2D eigenvalue weighted by atomic mass is 10.0. The van der Waals surface area contributed by atoms with Crippen molar-refractivity contribution in [1.29, 1.82) is 0 Å². The smallest absolute Gasteiger partial charge is 0.305 e. The Morgan fingerprint density at radius 2 is 0.580 bits per heavy atom. The molecule has 0 aromatic carbocycles. The van der Waals surface area contributed by atoms with Crippen LogP contribution in [0.1, 0.15) is 418 Å². The van der Waals surface area contributed by atoms with Crippen LogP contribution in [0.5, 0.6) is 0 Å². The van der Waals surface area contributed by atoms with Gasteiger partial charge in [-0.05, 0) is 57.8 Å². The van der Waals surface area contributed by atoms with Crippen LogP contribution >= 0.6 is 0 Å². The number of carbonyl (C=O) groups is 2. The zero-order valence-electron chi connectivity index (χ0n) is 55.0. The van der Waals surface area contributed by atoms with Crippen molar-refractivity contribution in [2.75, 3.05) is 13.2 Å². The standard InChI is InChI=1S/C75H145NO5/c1-3-5-7-9-11-13-15-17-19-20-21-22-23-25-28-31-34-37-40-43-47-51-55-59-63-67-73(78)72(71-77)76-74(79)68-64-60-56-52-48-44-41-38-35-32-29-26-24-27-30-33-36-39-42-46-50-54-58-62-66-70-81-75(80)69-65-61-57-53-49-45-18-16-14-12-10-8-6-4-2/h16,18,63,67,72-73,77-78H,3-15,17,19-62,64-66,68-71H2,1-2H3,(H,76,79)/b18-16-,67-63+.